The quantitative estimate of drug-likeness (QED) is 0.513. The number of fused-ring (bicyclic) bond motifs is 1. The lowest BCUT2D eigenvalue weighted by Gasteiger charge is -2.37. The van der Waals surface area contributed by atoms with Gasteiger partial charge in [-0.1, -0.05) is 37.3 Å². The number of carbonyl (C=O) groups excluding carboxylic acids is 3. The van der Waals surface area contributed by atoms with Gasteiger partial charge in [-0.2, -0.15) is 0 Å². The summed E-state index contributed by atoms with van der Waals surface area (Å²) in [5.41, 5.74) is -0.0802. The standard InChI is InChI=1S/C25H35N3O5/c1-4-12-26-22(30)19-18-10-11-25(33-18)20(19)24(32)28(21(25)23(31)27-15(2)3)17(14-29)13-16-8-6-5-7-9-16/h5-9,15,17-21,29H,4,10-14H2,1-3H3,(H,26,30)(H,27,31)/t17-,18+,19-,20+,21?,25?/m1/s1. The molecule has 3 N–H and O–H groups in total. The van der Waals surface area contributed by atoms with E-state index in [2.05, 4.69) is 10.6 Å². The van der Waals surface area contributed by atoms with Crippen molar-refractivity contribution in [3.8, 4) is 0 Å². The third-order valence-electron chi connectivity index (χ3n) is 7.19. The SMILES string of the molecule is CCCNC(=O)[C@@H]1[C@@H]2CCC3(O2)C(C(=O)NC(C)C)N([C@@H](CO)Cc2ccccc2)C(=O)[C@H]13. The minimum Gasteiger partial charge on any atom is -0.394 e. The molecule has 1 spiro atoms. The van der Waals surface area contributed by atoms with E-state index in [1.807, 2.05) is 51.1 Å². The molecule has 3 heterocycles. The Kier molecular flexibility index (Phi) is 6.77. The number of ether oxygens (including phenoxy) is 1. The molecule has 0 saturated carbocycles. The summed E-state index contributed by atoms with van der Waals surface area (Å²) in [6.07, 6.45) is 2.02. The molecule has 0 radical (unpaired) electrons. The second-order valence-electron chi connectivity index (χ2n) is 9.78. The van der Waals surface area contributed by atoms with Crippen molar-refractivity contribution in [2.24, 2.45) is 11.8 Å². The molecule has 3 aliphatic heterocycles. The van der Waals surface area contributed by atoms with Gasteiger partial charge in [-0.25, -0.2) is 0 Å². The zero-order valence-corrected chi connectivity index (χ0v) is 19.6. The molecule has 2 bridgehead atoms. The highest BCUT2D eigenvalue weighted by Crippen LogP contribution is 2.58. The van der Waals surface area contributed by atoms with E-state index >= 15 is 0 Å². The summed E-state index contributed by atoms with van der Waals surface area (Å²) in [6.45, 7) is 5.96. The van der Waals surface area contributed by atoms with Crippen LogP contribution >= 0.6 is 0 Å². The van der Waals surface area contributed by atoms with Gasteiger partial charge in [-0.15, -0.1) is 0 Å². The van der Waals surface area contributed by atoms with Crippen LogP contribution in [0.2, 0.25) is 0 Å². The normalized spacial score (nSPS) is 31.1. The lowest BCUT2D eigenvalue weighted by Crippen LogP contribution is -2.59. The molecule has 3 aliphatic rings. The number of likely N-dealkylation sites (tertiary alicyclic amines) is 1. The van der Waals surface area contributed by atoms with Crippen LogP contribution in [0.4, 0.5) is 0 Å². The van der Waals surface area contributed by atoms with Gasteiger partial charge in [-0.3, -0.25) is 14.4 Å². The number of carbonyl (C=O) groups is 3. The molecular weight excluding hydrogens is 422 g/mol. The van der Waals surface area contributed by atoms with E-state index in [9.17, 15) is 19.5 Å². The van der Waals surface area contributed by atoms with E-state index in [4.69, 9.17) is 4.74 Å². The average molecular weight is 458 g/mol. The van der Waals surface area contributed by atoms with Gasteiger partial charge in [0.1, 0.15) is 11.6 Å². The zero-order chi connectivity index (χ0) is 23.8. The number of aliphatic hydroxyl groups is 1. The molecular formula is C25H35N3O5. The molecule has 8 nitrogen and oxygen atoms in total. The minimum absolute atomic E-state index is 0.117. The van der Waals surface area contributed by atoms with Crippen LogP contribution in [0.5, 0.6) is 0 Å². The number of nitrogens with one attached hydrogen (secondary N) is 2. The van der Waals surface area contributed by atoms with Crippen molar-refractivity contribution >= 4 is 17.7 Å². The molecule has 1 aromatic rings. The van der Waals surface area contributed by atoms with Crippen molar-refractivity contribution in [2.45, 2.75) is 76.3 Å². The number of rotatable bonds is 9. The van der Waals surface area contributed by atoms with E-state index in [1.54, 1.807) is 0 Å². The summed E-state index contributed by atoms with van der Waals surface area (Å²) in [4.78, 5) is 42.0. The van der Waals surface area contributed by atoms with E-state index < -0.39 is 29.5 Å². The Morgan fingerprint density at radius 2 is 1.97 bits per heavy atom. The highest BCUT2D eigenvalue weighted by Gasteiger charge is 2.75. The molecule has 0 aromatic heterocycles. The fourth-order valence-corrected chi connectivity index (χ4v) is 5.95. The van der Waals surface area contributed by atoms with Crippen molar-refractivity contribution in [1.82, 2.24) is 15.5 Å². The molecule has 3 fully saturated rings. The van der Waals surface area contributed by atoms with Gasteiger partial charge < -0.3 is 25.4 Å². The van der Waals surface area contributed by atoms with Crippen LogP contribution in [0.3, 0.4) is 0 Å². The second kappa shape index (κ2) is 9.43. The Morgan fingerprint density at radius 1 is 1.24 bits per heavy atom. The number of amides is 3. The van der Waals surface area contributed by atoms with Crippen molar-refractivity contribution in [2.75, 3.05) is 13.2 Å². The summed E-state index contributed by atoms with van der Waals surface area (Å²) >= 11 is 0. The molecule has 6 atom stereocenters. The molecule has 0 aliphatic carbocycles. The molecule has 1 aromatic carbocycles. The zero-order valence-electron chi connectivity index (χ0n) is 19.6. The van der Waals surface area contributed by atoms with E-state index in [0.29, 0.717) is 25.8 Å². The van der Waals surface area contributed by atoms with Crippen LogP contribution in [-0.4, -0.2) is 70.7 Å². The van der Waals surface area contributed by atoms with Crippen molar-refractivity contribution in [1.29, 1.82) is 0 Å². The van der Waals surface area contributed by atoms with E-state index in [0.717, 1.165) is 12.0 Å². The van der Waals surface area contributed by atoms with Gasteiger partial charge in [0.15, 0.2) is 0 Å². The number of benzene rings is 1. The van der Waals surface area contributed by atoms with Crippen LogP contribution in [0.1, 0.15) is 45.6 Å². The third kappa shape index (κ3) is 4.04. The lowest BCUT2D eigenvalue weighted by molar-refractivity contribution is -0.145. The first-order valence-corrected chi connectivity index (χ1v) is 12.1. The first-order chi connectivity index (χ1) is 15.8. The lowest BCUT2D eigenvalue weighted by atomic mass is 9.70. The van der Waals surface area contributed by atoms with Gasteiger partial charge in [0.05, 0.1) is 30.6 Å². The molecule has 2 unspecified atom stereocenters. The van der Waals surface area contributed by atoms with Crippen LogP contribution in [0.15, 0.2) is 30.3 Å². The highest BCUT2D eigenvalue weighted by atomic mass is 16.5. The third-order valence-corrected chi connectivity index (χ3v) is 7.19. The van der Waals surface area contributed by atoms with Crippen LogP contribution in [0, 0.1) is 11.8 Å². The Balaban J connectivity index is 1.72. The number of nitrogens with zero attached hydrogens (tertiary/aromatic N) is 1. The highest BCUT2D eigenvalue weighted by molar-refractivity contribution is 5.99. The number of hydrogen-bond donors (Lipinski definition) is 3. The predicted octanol–water partition coefficient (Wildman–Crippen LogP) is 1.02. The first-order valence-electron chi connectivity index (χ1n) is 12.1. The maximum atomic E-state index is 13.9. The van der Waals surface area contributed by atoms with Crippen LogP contribution in [0.25, 0.3) is 0 Å². The smallest absolute Gasteiger partial charge is 0.246 e. The topological polar surface area (TPSA) is 108 Å². The van der Waals surface area contributed by atoms with E-state index in [1.165, 1.54) is 4.90 Å². The summed E-state index contributed by atoms with van der Waals surface area (Å²) in [5, 5.41) is 16.2. The molecule has 3 saturated heterocycles. The Morgan fingerprint density at radius 3 is 2.61 bits per heavy atom. The molecule has 4 rings (SSSR count). The summed E-state index contributed by atoms with van der Waals surface area (Å²) in [5.74, 6) is -2.08. The van der Waals surface area contributed by atoms with Gasteiger partial charge in [0, 0.05) is 12.6 Å². The van der Waals surface area contributed by atoms with Gasteiger partial charge in [0.2, 0.25) is 17.7 Å². The monoisotopic (exact) mass is 457 g/mol. The summed E-state index contributed by atoms with van der Waals surface area (Å²) < 4.78 is 6.39. The van der Waals surface area contributed by atoms with Crippen molar-refractivity contribution in [3.05, 3.63) is 35.9 Å². The molecule has 180 valence electrons. The van der Waals surface area contributed by atoms with Crippen LogP contribution in [-0.2, 0) is 25.5 Å². The van der Waals surface area contributed by atoms with Crippen LogP contribution < -0.4 is 10.6 Å². The molecule has 3 amide bonds. The second-order valence-corrected chi connectivity index (χ2v) is 9.78. The fourth-order valence-electron chi connectivity index (χ4n) is 5.95. The summed E-state index contributed by atoms with van der Waals surface area (Å²) in [7, 11) is 0. The number of aliphatic hydroxyl groups excluding tert-OH is 1. The van der Waals surface area contributed by atoms with Crippen molar-refractivity contribution < 1.29 is 24.2 Å². The Hall–Kier alpha value is -2.45. The average Bonchev–Trinajstić information content (AvgIpc) is 3.43. The fraction of sp³-hybridized carbons (Fsp3) is 0.640. The first kappa shape index (κ1) is 23.7. The molecule has 8 heteroatoms. The van der Waals surface area contributed by atoms with Gasteiger partial charge in [-0.05, 0) is 45.1 Å². The maximum absolute atomic E-state index is 13.9. The largest absolute Gasteiger partial charge is 0.394 e. The Bertz CT molecular complexity index is 891. The predicted molar refractivity (Wildman–Crippen MR) is 122 cm³/mol. The van der Waals surface area contributed by atoms with Gasteiger partial charge in [0.25, 0.3) is 0 Å². The Labute approximate surface area is 195 Å². The van der Waals surface area contributed by atoms with E-state index in [-0.39, 0.29) is 36.5 Å². The number of hydrogen-bond acceptors (Lipinski definition) is 5. The molecule has 33 heavy (non-hydrogen) atoms. The minimum atomic E-state index is -1.04. The summed E-state index contributed by atoms with van der Waals surface area (Å²) in [6, 6.07) is 8.01. The maximum Gasteiger partial charge on any atom is 0.246 e. The van der Waals surface area contributed by atoms with Crippen molar-refractivity contribution in [3.63, 3.8) is 0 Å². The van der Waals surface area contributed by atoms with Gasteiger partial charge >= 0.3 is 0 Å².